The molecule has 0 saturated heterocycles. The SMILES string of the molecule is Cc1cnc(NC(O)N(C)c2cc3oc(=O)c(C(=O)O)cc3s2)s1. The van der Waals surface area contributed by atoms with E-state index in [2.05, 4.69) is 10.3 Å². The van der Waals surface area contributed by atoms with Crippen LogP contribution in [0.2, 0.25) is 0 Å². The molecule has 0 saturated carbocycles. The van der Waals surface area contributed by atoms with E-state index >= 15 is 0 Å². The average molecular weight is 367 g/mol. The number of carbonyl (C=O) groups is 1. The van der Waals surface area contributed by atoms with Crippen molar-refractivity contribution in [3.05, 3.63) is 39.2 Å². The van der Waals surface area contributed by atoms with Gasteiger partial charge >= 0.3 is 11.6 Å². The van der Waals surface area contributed by atoms with E-state index in [4.69, 9.17) is 9.52 Å². The summed E-state index contributed by atoms with van der Waals surface area (Å²) in [4.78, 5) is 29.3. The largest absolute Gasteiger partial charge is 0.477 e. The van der Waals surface area contributed by atoms with E-state index in [0.717, 1.165) is 4.88 Å². The van der Waals surface area contributed by atoms with Gasteiger partial charge in [-0.25, -0.2) is 14.6 Å². The van der Waals surface area contributed by atoms with Crippen molar-refractivity contribution >= 4 is 49.1 Å². The number of anilines is 2. The third kappa shape index (κ3) is 3.11. The number of aromatic nitrogens is 1. The zero-order valence-corrected chi connectivity index (χ0v) is 14.3. The van der Waals surface area contributed by atoms with Gasteiger partial charge in [0.2, 0.25) is 6.35 Å². The molecule has 10 heteroatoms. The average Bonchev–Trinajstić information content (AvgIpc) is 3.11. The molecule has 0 fully saturated rings. The highest BCUT2D eigenvalue weighted by atomic mass is 32.1. The van der Waals surface area contributed by atoms with Crippen molar-refractivity contribution < 1.29 is 19.4 Å². The number of thiazole rings is 1. The zero-order valence-electron chi connectivity index (χ0n) is 12.6. The fourth-order valence-corrected chi connectivity index (χ4v) is 3.67. The van der Waals surface area contributed by atoms with Gasteiger partial charge in [-0.15, -0.1) is 22.7 Å². The van der Waals surface area contributed by atoms with E-state index in [1.807, 2.05) is 6.92 Å². The first kappa shape index (κ1) is 16.4. The number of fused-ring (bicyclic) bond motifs is 1. The first-order valence-electron chi connectivity index (χ1n) is 6.76. The number of hydrogen-bond acceptors (Lipinski definition) is 9. The van der Waals surface area contributed by atoms with Crippen LogP contribution in [0.1, 0.15) is 15.2 Å². The van der Waals surface area contributed by atoms with E-state index in [0.29, 0.717) is 14.8 Å². The molecule has 0 radical (unpaired) electrons. The van der Waals surface area contributed by atoms with Crippen molar-refractivity contribution in [1.82, 2.24) is 4.98 Å². The number of carboxylic acids is 1. The van der Waals surface area contributed by atoms with Crippen LogP contribution >= 0.6 is 22.7 Å². The number of thiophene rings is 1. The number of carboxylic acid groups (broad SMARTS) is 1. The summed E-state index contributed by atoms with van der Waals surface area (Å²) in [6.45, 7) is 1.91. The second-order valence-corrected chi connectivity index (χ2v) is 7.27. The molecule has 0 aliphatic carbocycles. The molecule has 0 amide bonds. The Bertz CT molecular complexity index is 961. The minimum absolute atomic E-state index is 0.272. The minimum Gasteiger partial charge on any atom is -0.477 e. The van der Waals surface area contributed by atoms with E-state index < -0.39 is 23.5 Å². The third-order valence-corrected chi connectivity index (χ3v) is 5.23. The van der Waals surface area contributed by atoms with Crippen LogP contribution in [0.3, 0.4) is 0 Å². The molecule has 3 aromatic rings. The number of nitrogens with one attached hydrogen (secondary N) is 1. The highest BCUT2D eigenvalue weighted by Gasteiger charge is 2.19. The smallest absolute Gasteiger partial charge is 0.351 e. The van der Waals surface area contributed by atoms with Gasteiger partial charge in [-0.05, 0) is 13.0 Å². The third-order valence-electron chi connectivity index (χ3n) is 3.23. The number of aromatic carboxylic acids is 1. The lowest BCUT2D eigenvalue weighted by Crippen LogP contribution is -2.37. The van der Waals surface area contributed by atoms with Crippen LogP contribution in [0.5, 0.6) is 0 Å². The lowest BCUT2D eigenvalue weighted by atomic mass is 10.3. The number of aliphatic hydroxyl groups excluding tert-OH is 1. The maximum absolute atomic E-state index is 11.6. The second-order valence-electron chi connectivity index (χ2n) is 4.97. The molecule has 3 aromatic heterocycles. The molecule has 0 aromatic carbocycles. The number of hydrogen-bond donors (Lipinski definition) is 3. The molecule has 0 aliphatic heterocycles. The van der Waals surface area contributed by atoms with Crippen LogP contribution in [-0.4, -0.2) is 34.6 Å². The monoisotopic (exact) mass is 367 g/mol. The molecule has 3 heterocycles. The van der Waals surface area contributed by atoms with Gasteiger partial charge in [0.15, 0.2) is 10.7 Å². The Morgan fingerprint density at radius 3 is 2.79 bits per heavy atom. The maximum atomic E-state index is 11.6. The van der Waals surface area contributed by atoms with Gasteiger partial charge in [0, 0.05) is 24.2 Å². The predicted octanol–water partition coefficient (Wildman–Crippen LogP) is 2.14. The molecule has 8 nitrogen and oxygen atoms in total. The molecular formula is C14H13N3O5S2. The molecule has 3 rings (SSSR count). The summed E-state index contributed by atoms with van der Waals surface area (Å²) in [5.74, 6) is -1.34. The van der Waals surface area contributed by atoms with Gasteiger partial charge in [0.25, 0.3) is 0 Å². The topological polar surface area (TPSA) is 116 Å². The van der Waals surface area contributed by atoms with Crippen molar-refractivity contribution in [1.29, 1.82) is 0 Å². The predicted molar refractivity (Wildman–Crippen MR) is 92.2 cm³/mol. The molecule has 0 bridgehead atoms. The van der Waals surface area contributed by atoms with Crippen molar-refractivity contribution in [3.8, 4) is 0 Å². The van der Waals surface area contributed by atoms with Crippen molar-refractivity contribution in [2.75, 3.05) is 17.3 Å². The van der Waals surface area contributed by atoms with Gasteiger partial charge in [-0.3, -0.25) is 0 Å². The van der Waals surface area contributed by atoms with Crippen molar-refractivity contribution in [3.63, 3.8) is 0 Å². The van der Waals surface area contributed by atoms with Crippen LogP contribution in [0, 0.1) is 6.92 Å². The first-order valence-corrected chi connectivity index (χ1v) is 8.39. The molecule has 3 N–H and O–H groups in total. The summed E-state index contributed by atoms with van der Waals surface area (Å²) in [7, 11) is 1.65. The zero-order chi connectivity index (χ0) is 17.4. The quantitative estimate of drug-likeness (QED) is 0.588. The first-order chi connectivity index (χ1) is 11.3. The molecule has 0 spiro atoms. The highest BCUT2D eigenvalue weighted by Crippen LogP contribution is 2.32. The van der Waals surface area contributed by atoms with E-state index in [1.165, 1.54) is 33.6 Å². The Balaban J connectivity index is 1.88. The Hall–Kier alpha value is -2.43. The minimum atomic E-state index is -1.34. The molecule has 0 aliphatic rings. The number of aryl methyl sites for hydroxylation is 1. The van der Waals surface area contributed by atoms with Crippen LogP contribution in [0.25, 0.3) is 10.3 Å². The lowest BCUT2D eigenvalue weighted by Gasteiger charge is -2.24. The standard InChI is InChI=1S/C14H13N3O5S2/c1-6-5-15-13(23-6)16-14(21)17(2)10-4-8-9(24-10)3-7(11(18)19)12(20)22-8/h3-5,14,21H,1-2H3,(H,15,16)(H,18,19). The van der Waals surface area contributed by atoms with E-state index in [1.54, 1.807) is 19.3 Å². The Kier molecular flexibility index (Phi) is 4.26. The summed E-state index contributed by atoms with van der Waals surface area (Å²) in [6.07, 6.45) is 0.649. The van der Waals surface area contributed by atoms with Gasteiger partial charge < -0.3 is 24.8 Å². The summed E-state index contributed by atoms with van der Waals surface area (Å²) in [5.41, 5.74) is -1.05. The fourth-order valence-electron chi connectivity index (χ4n) is 1.97. The summed E-state index contributed by atoms with van der Waals surface area (Å²) in [5, 5.41) is 23.3. The number of aliphatic hydroxyl groups is 1. The molecule has 1 atom stereocenters. The van der Waals surface area contributed by atoms with Crippen LogP contribution in [0.15, 0.2) is 27.5 Å². The molecule has 1 unspecified atom stereocenters. The van der Waals surface area contributed by atoms with Crippen LogP contribution in [0.4, 0.5) is 10.1 Å². The number of nitrogens with zero attached hydrogens (tertiary/aromatic N) is 2. The Morgan fingerprint density at radius 1 is 1.42 bits per heavy atom. The van der Waals surface area contributed by atoms with Crippen molar-refractivity contribution in [2.24, 2.45) is 0 Å². The molecular weight excluding hydrogens is 354 g/mol. The van der Waals surface area contributed by atoms with Crippen LogP contribution < -0.4 is 15.8 Å². The van der Waals surface area contributed by atoms with E-state index in [-0.39, 0.29) is 5.58 Å². The van der Waals surface area contributed by atoms with Gasteiger partial charge in [0.1, 0.15) is 5.56 Å². The summed E-state index contributed by atoms with van der Waals surface area (Å²) < 4.78 is 5.53. The van der Waals surface area contributed by atoms with Crippen molar-refractivity contribution in [2.45, 2.75) is 13.3 Å². The summed E-state index contributed by atoms with van der Waals surface area (Å²) in [6, 6.07) is 2.85. The van der Waals surface area contributed by atoms with E-state index in [9.17, 15) is 14.7 Å². The normalized spacial score (nSPS) is 12.3. The molecule has 126 valence electrons. The van der Waals surface area contributed by atoms with Gasteiger partial charge in [-0.2, -0.15) is 0 Å². The molecule has 24 heavy (non-hydrogen) atoms. The second kappa shape index (κ2) is 6.23. The fraction of sp³-hybridized carbons (Fsp3) is 0.214. The summed E-state index contributed by atoms with van der Waals surface area (Å²) >= 11 is 2.61. The lowest BCUT2D eigenvalue weighted by molar-refractivity contribution is 0.0692. The maximum Gasteiger partial charge on any atom is 0.351 e. The number of rotatable bonds is 5. The highest BCUT2D eigenvalue weighted by molar-refractivity contribution is 7.22. The Morgan fingerprint density at radius 2 is 2.17 bits per heavy atom. The van der Waals surface area contributed by atoms with Crippen LogP contribution in [-0.2, 0) is 0 Å². The van der Waals surface area contributed by atoms with Gasteiger partial charge in [-0.1, -0.05) is 0 Å². The van der Waals surface area contributed by atoms with Gasteiger partial charge in [0.05, 0.1) is 9.70 Å². The Labute approximate surface area is 143 Å².